The predicted octanol–water partition coefficient (Wildman–Crippen LogP) is 3.07. The number of aromatic nitrogens is 1. The number of halogens is 1. The van der Waals surface area contributed by atoms with Gasteiger partial charge in [-0.05, 0) is 43.2 Å². The second-order valence-electron chi connectivity index (χ2n) is 3.99. The maximum Gasteiger partial charge on any atom is 0.211 e. The lowest BCUT2D eigenvalue weighted by Gasteiger charge is -2.04. The van der Waals surface area contributed by atoms with Crippen LogP contribution in [0.1, 0.15) is 27.2 Å². The van der Waals surface area contributed by atoms with Crippen LogP contribution in [0.2, 0.25) is 0 Å². The Morgan fingerprint density at radius 2 is 1.88 bits per heavy atom. The highest BCUT2D eigenvalue weighted by atomic mass is 19.1. The summed E-state index contributed by atoms with van der Waals surface area (Å²) >= 11 is 0. The van der Waals surface area contributed by atoms with Gasteiger partial charge in [-0.1, -0.05) is 12.1 Å². The van der Waals surface area contributed by atoms with E-state index in [0.29, 0.717) is 5.56 Å². The molecule has 0 atom stereocenters. The summed E-state index contributed by atoms with van der Waals surface area (Å²) in [6, 6.07) is 8.11. The fourth-order valence-electron chi connectivity index (χ4n) is 1.54. The van der Waals surface area contributed by atoms with Crippen LogP contribution < -0.4 is 0 Å². The quantitative estimate of drug-likeness (QED) is 0.741. The van der Waals surface area contributed by atoms with Gasteiger partial charge in [0, 0.05) is 5.56 Å². The Bertz CT molecular complexity index is 561. The van der Waals surface area contributed by atoms with Crippen molar-refractivity contribution in [2.24, 2.45) is 0 Å². The van der Waals surface area contributed by atoms with Gasteiger partial charge in [0.25, 0.3) is 0 Å². The van der Waals surface area contributed by atoms with Crippen molar-refractivity contribution < 1.29 is 9.18 Å². The first kappa shape index (κ1) is 11.5. The molecule has 0 fully saturated rings. The predicted molar refractivity (Wildman–Crippen MR) is 63.5 cm³/mol. The normalized spacial score (nSPS) is 10.3. The van der Waals surface area contributed by atoms with Crippen LogP contribution in [-0.4, -0.2) is 10.8 Å². The van der Waals surface area contributed by atoms with Gasteiger partial charge < -0.3 is 0 Å². The Morgan fingerprint density at radius 1 is 1.12 bits per heavy atom. The van der Waals surface area contributed by atoms with E-state index in [2.05, 4.69) is 4.98 Å². The summed E-state index contributed by atoms with van der Waals surface area (Å²) in [4.78, 5) is 15.8. The van der Waals surface area contributed by atoms with Crippen LogP contribution in [0.5, 0.6) is 0 Å². The first-order valence-corrected chi connectivity index (χ1v) is 5.31. The monoisotopic (exact) mass is 229 g/mol. The summed E-state index contributed by atoms with van der Waals surface area (Å²) in [5.41, 5.74) is 3.02. The Kier molecular flexibility index (Phi) is 3.00. The van der Waals surface area contributed by atoms with E-state index in [-0.39, 0.29) is 11.5 Å². The van der Waals surface area contributed by atoms with Crippen LogP contribution in [0.3, 0.4) is 0 Å². The molecule has 0 aliphatic heterocycles. The fourth-order valence-corrected chi connectivity index (χ4v) is 1.54. The third-order valence-corrected chi connectivity index (χ3v) is 2.73. The van der Waals surface area contributed by atoms with Gasteiger partial charge in [-0.2, -0.15) is 0 Å². The lowest BCUT2D eigenvalue weighted by Crippen LogP contribution is -2.04. The van der Waals surface area contributed by atoms with Gasteiger partial charge in [0.15, 0.2) is 0 Å². The van der Waals surface area contributed by atoms with Crippen LogP contribution in [0.25, 0.3) is 0 Å². The fraction of sp³-hybridized carbons (Fsp3) is 0.143. The first-order valence-electron chi connectivity index (χ1n) is 5.31. The number of carbonyl (C=O) groups is 1. The SMILES string of the molecule is Cc1ccc(C(=O)c2ccc(F)cn2)cc1C. The van der Waals surface area contributed by atoms with Gasteiger partial charge in [-0.3, -0.25) is 4.79 Å². The van der Waals surface area contributed by atoms with Gasteiger partial charge in [-0.25, -0.2) is 9.37 Å². The van der Waals surface area contributed by atoms with Crippen LogP contribution >= 0.6 is 0 Å². The highest BCUT2D eigenvalue weighted by Gasteiger charge is 2.11. The second-order valence-corrected chi connectivity index (χ2v) is 3.99. The molecular weight excluding hydrogens is 217 g/mol. The van der Waals surface area contributed by atoms with Gasteiger partial charge in [0.05, 0.1) is 6.20 Å². The zero-order chi connectivity index (χ0) is 12.4. The van der Waals surface area contributed by atoms with Crippen molar-refractivity contribution in [2.45, 2.75) is 13.8 Å². The van der Waals surface area contributed by atoms with Crippen LogP contribution in [0.15, 0.2) is 36.5 Å². The highest BCUT2D eigenvalue weighted by molar-refractivity contribution is 6.07. The molecule has 0 saturated heterocycles. The van der Waals surface area contributed by atoms with E-state index < -0.39 is 5.82 Å². The second kappa shape index (κ2) is 4.45. The molecular formula is C14H12FNO. The van der Waals surface area contributed by atoms with E-state index in [1.54, 1.807) is 6.07 Å². The van der Waals surface area contributed by atoms with Gasteiger partial charge >= 0.3 is 0 Å². The molecule has 1 aromatic heterocycles. The number of rotatable bonds is 2. The molecule has 1 heterocycles. The van der Waals surface area contributed by atoms with E-state index in [4.69, 9.17) is 0 Å². The number of pyridine rings is 1. The van der Waals surface area contributed by atoms with Crippen molar-refractivity contribution >= 4 is 5.78 Å². The Balaban J connectivity index is 2.37. The van der Waals surface area contributed by atoms with Crippen molar-refractivity contribution in [1.82, 2.24) is 4.98 Å². The summed E-state index contributed by atoms with van der Waals surface area (Å²) < 4.78 is 12.7. The molecule has 0 spiro atoms. The van der Waals surface area contributed by atoms with Crippen LogP contribution in [0.4, 0.5) is 4.39 Å². The van der Waals surface area contributed by atoms with E-state index >= 15 is 0 Å². The lowest BCUT2D eigenvalue weighted by molar-refractivity contribution is 0.103. The minimum Gasteiger partial charge on any atom is -0.287 e. The molecule has 0 radical (unpaired) electrons. The van der Waals surface area contributed by atoms with Crippen molar-refractivity contribution in [3.05, 3.63) is 64.7 Å². The molecule has 2 rings (SSSR count). The summed E-state index contributed by atoms with van der Waals surface area (Å²) in [5.74, 6) is -0.630. The van der Waals surface area contributed by atoms with Gasteiger partial charge in [0.1, 0.15) is 11.5 Å². The molecule has 0 N–H and O–H groups in total. The number of benzene rings is 1. The van der Waals surface area contributed by atoms with E-state index in [9.17, 15) is 9.18 Å². The lowest BCUT2D eigenvalue weighted by atomic mass is 10.0. The zero-order valence-electron chi connectivity index (χ0n) is 9.70. The molecule has 2 nitrogen and oxygen atoms in total. The number of aryl methyl sites for hydroxylation is 2. The van der Waals surface area contributed by atoms with E-state index in [1.807, 2.05) is 26.0 Å². The van der Waals surface area contributed by atoms with Crippen LogP contribution in [-0.2, 0) is 0 Å². The Morgan fingerprint density at radius 3 is 2.47 bits per heavy atom. The molecule has 0 saturated carbocycles. The zero-order valence-corrected chi connectivity index (χ0v) is 9.70. The van der Waals surface area contributed by atoms with Crippen LogP contribution in [0, 0.1) is 19.7 Å². The Labute approximate surface area is 99.1 Å². The molecule has 0 aliphatic carbocycles. The maximum atomic E-state index is 12.7. The first-order chi connectivity index (χ1) is 8.08. The topological polar surface area (TPSA) is 30.0 Å². The number of ketones is 1. The summed E-state index contributed by atoms with van der Waals surface area (Å²) in [6.45, 7) is 3.93. The summed E-state index contributed by atoms with van der Waals surface area (Å²) in [6.07, 6.45) is 1.05. The highest BCUT2D eigenvalue weighted by Crippen LogP contribution is 2.13. The van der Waals surface area contributed by atoms with Gasteiger partial charge in [-0.15, -0.1) is 0 Å². The van der Waals surface area contributed by atoms with Crippen molar-refractivity contribution in [3.63, 3.8) is 0 Å². The molecule has 1 aromatic carbocycles. The minimum atomic E-state index is -0.443. The van der Waals surface area contributed by atoms with E-state index in [0.717, 1.165) is 17.3 Å². The number of hydrogen-bond acceptors (Lipinski definition) is 2. The smallest absolute Gasteiger partial charge is 0.211 e. The molecule has 2 aromatic rings. The van der Waals surface area contributed by atoms with Crippen molar-refractivity contribution in [2.75, 3.05) is 0 Å². The van der Waals surface area contributed by atoms with Crippen molar-refractivity contribution in [1.29, 1.82) is 0 Å². The minimum absolute atomic E-state index is 0.187. The van der Waals surface area contributed by atoms with E-state index in [1.165, 1.54) is 12.1 Å². The number of nitrogens with zero attached hydrogens (tertiary/aromatic N) is 1. The summed E-state index contributed by atoms with van der Waals surface area (Å²) in [5, 5.41) is 0. The molecule has 3 heteroatoms. The number of hydrogen-bond donors (Lipinski definition) is 0. The van der Waals surface area contributed by atoms with Gasteiger partial charge in [0.2, 0.25) is 5.78 Å². The molecule has 0 aliphatic rings. The largest absolute Gasteiger partial charge is 0.287 e. The molecule has 0 amide bonds. The molecule has 86 valence electrons. The average Bonchev–Trinajstić information content (AvgIpc) is 2.33. The average molecular weight is 229 g/mol. The molecule has 0 unspecified atom stereocenters. The third kappa shape index (κ3) is 2.38. The standard InChI is InChI=1S/C14H12FNO/c1-9-3-4-11(7-10(9)2)14(17)13-6-5-12(15)8-16-13/h3-8H,1-2H3. The Hall–Kier alpha value is -2.03. The third-order valence-electron chi connectivity index (χ3n) is 2.73. The molecule has 17 heavy (non-hydrogen) atoms. The maximum absolute atomic E-state index is 12.7. The van der Waals surface area contributed by atoms with Crippen molar-refractivity contribution in [3.8, 4) is 0 Å². The summed E-state index contributed by atoms with van der Waals surface area (Å²) in [7, 11) is 0. The number of carbonyl (C=O) groups excluding carboxylic acids is 1. The molecule has 0 bridgehead atoms.